The van der Waals surface area contributed by atoms with E-state index in [9.17, 15) is 14.0 Å². The fraction of sp³-hybridized carbons (Fsp3) is 0.440. The maximum absolute atomic E-state index is 14.1. The molecule has 9 nitrogen and oxygen atoms in total. The Hall–Kier alpha value is -3.24. The van der Waals surface area contributed by atoms with Crippen LogP contribution in [-0.2, 0) is 22.6 Å². The van der Waals surface area contributed by atoms with Gasteiger partial charge in [0.25, 0.3) is 5.91 Å². The van der Waals surface area contributed by atoms with Gasteiger partial charge < -0.3 is 19.7 Å². The molecule has 1 N–H and O–H groups in total. The van der Waals surface area contributed by atoms with Crippen molar-refractivity contribution in [1.29, 1.82) is 0 Å². The molecule has 3 heterocycles. The first kappa shape index (κ1) is 24.5. The summed E-state index contributed by atoms with van der Waals surface area (Å²) in [6.07, 6.45) is 1.25. The third kappa shape index (κ3) is 4.51. The van der Waals surface area contributed by atoms with Crippen LogP contribution in [-0.4, -0.2) is 57.2 Å². The van der Waals surface area contributed by atoms with E-state index < -0.39 is 5.82 Å². The van der Waals surface area contributed by atoms with Crippen molar-refractivity contribution < 1.29 is 23.5 Å². The molecule has 1 saturated carbocycles. The number of benzene rings is 1. The molecule has 11 heteroatoms. The SMILES string of the molecule is COCCC(=O)N[C@H]1C[C@@H](Oc2cc(F)ccc2C(=O)N2Cc3nn4c(C)c(Cl)c(C)nc4c3C2)C1. The zero-order valence-electron chi connectivity index (χ0n) is 20.3. The van der Waals surface area contributed by atoms with Crippen LogP contribution in [0.15, 0.2) is 18.2 Å². The number of aromatic nitrogens is 3. The topological polar surface area (TPSA) is 98.1 Å². The maximum atomic E-state index is 14.1. The molecule has 0 unspecified atom stereocenters. The summed E-state index contributed by atoms with van der Waals surface area (Å²) in [4.78, 5) is 31.5. The number of nitrogens with zero attached hydrogens (tertiary/aromatic N) is 4. The fourth-order valence-corrected chi connectivity index (χ4v) is 4.77. The van der Waals surface area contributed by atoms with Gasteiger partial charge in [-0.2, -0.15) is 5.10 Å². The van der Waals surface area contributed by atoms with Gasteiger partial charge in [0.2, 0.25) is 5.91 Å². The normalized spacial score (nSPS) is 18.8. The third-order valence-corrected chi connectivity index (χ3v) is 7.25. The van der Waals surface area contributed by atoms with Gasteiger partial charge in [-0.15, -0.1) is 0 Å². The van der Waals surface area contributed by atoms with Crippen LogP contribution in [0, 0.1) is 19.7 Å². The number of methoxy groups -OCH3 is 1. The number of ether oxygens (including phenoxy) is 2. The highest BCUT2D eigenvalue weighted by molar-refractivity contribution is 6.31. The van der Waals surface area contributed by atoms with Gasteiger partial charge in [0.15, 0.2) is 5.65 Å². The van der Waals surface area contributed by atoms with Crippen molar-refractivity contribution in [2.75, 3.05) is 13.7 Å². The predicted octanol–water partition coefficient (Wildman–Crippen LogP) is 3.36. The van der Waals surface area contributed by atoms with Gasteiger partial charge in [-0.3, -0.25) is 9.59 Å². The van der Waals surface area contributed by atoms with E-state index in [0.29, 0.717) is 55.3 Å². The fourth-order valence-electron chi connectivity index (χ4n) is 4.65. The number of aryl methyl sites for hydroxylation is 2. The number of carbonyl (C=O) groups is 2. The van der Waals surface area contributed by atoms with Crippen molar-refractivity contribution in [2.45, 2.75) is 58.3 Å². The summed E-state index contributed by atoms with van der Waals surface area (Å²) in [5.41, 5.74) is 4.11. The average molecular weight is 516 g/mol. The molecule has 0 saturated heterocycles. The first-order valence-electron chi connectivity index (χ1n) is 11.8. The Kier molecular flexibility index (Phi) is 6.57. The van der Waals surface area contributed by atoms with Crippen LogP contribution in [0.3, 0.4) is 0 Å². The van der Waals surface area contributed by atoms with Gasteiger partial charge in [0.05, 0.1) is 47.4 Å². The molecule has 1 aromatic carbocycles. The zero-order chi connectivity index (χ0) is 25.6. The molecule has 3 aromatic rings. The van der Waals surface area contributed by atoms with Crippen molar-refractivity contribution in [1.82, 2.24) is 24.8 Å². The molecule has 1 aliphatic heterocycles. The number of fused-ring (bicyclic) bond motifs is 3. The minimum absolute atomic E-state index is 0.00933. The smallest absolute Gasteiger partial charge is 0.258 e. The second-order valence-corrected chi connectivity index (χ2v) is 9.66. The second kappa shape index (κ2) is 9.67. The summed E-state index contributed by atoms with van der Waals surface area (Å²) in [5.74, 6) is -0.639. The molecular weight excluding hydrogens is 489 g/mol. The Labute approximate surface area is 212 Å². The number of halogens is 2. The molecule has 2 aliphatic rings. The lowest BCUT2D eigenvalue weighted by Gasteiger charge is -2.36. The van der Waals surface area contributed by atoms with Crippen LogP contribution >= 0.6 is 11.6 Å². The summed E-state index contributed by atoms with van der Waals surface area (Å²) in [6, 6.07) is 3.93. The molecule has 0 radical (unpaired) electrons. The van der Waals surface area contributed by atoms with Crippen LogP contribution < -0.4 is 10.1 Å². The summed E-state index contributed by atoms with van der Waals surface area (Å²) in [7, 11) is 1.55. The third-order valence-electron chi connectivity index (χ3n) is 6.70. The van der Waals surface area contributed by atoms with Crippen LogP contribution in [0.4, 0.5) is 4.39 Å². The molecule has 1 fully saturated rings. The number of hydrogen-bond donors (Lipinski definition) is 1. The zero-order valence-corrected chi connectivity index (χ0v) is 21.1. The lowest BCUT2D eigenvalue weighted by atomic mass is 9.89. The number of hydrogen-bond acceptors (Lipinski definition) is 6. The van der Waals surface area contributed by atoms with E-state index in [-0.39, 0.29) is 35.3 Å². The molecule has 190 valence electrons. The highest BCUT2D eigenvalue weighted by Crippen LogP contribution is 2.33. The predicted molar refractivity (Wildman–Crippen MR) is 130 cm³/mol. The van der Waals surface area contributed by atoms with Gasteiger partial charge in [-0.05, 0) is 26.0 Å². The largest absolute Gasteiger partial charge is 0.489 e. The highest BCUT2D eigenvalue weighted by atomic mass is 35.5. The second-order valence-electron chi connectivity index (χ2n) is 9.28. The number of carbonyl (C=O) groups excluding carboxylic acids is 2. The first-order valence-corrected chi connectivity index (χ1v) is 12.2. The minimum atomic E-state index is -0.486. The Morgan fingerprint density at radius 2 is 2.03 bits per heavy atom. The van der Waals surface area contributed by atoms with Gasteiger partial charge in [-0.25, -0.2) is 13.9 Å². The van der Waals surface area contributed by atoms with E-state index >= 15 is 0 Å². The lowest BCUT2D eigenvalue weighted by Crippen LogP contribution is -2.49. The Bertz CT molecular complexity index is 1350. The van der Waals surface area contributed by atoms with Gasteiger partial charge in [-0.1, -0.05) is 11.6 Å². The molecular formula is C25H27ClFN5O4. The Morgan fingerprint density at radius 3 is 2.78 bits per heavy atom. The van der Waals surface area contributed by atoms with Crippen molar-refractivity contribution in [2.24, 2.45) is 0 Å². The summed E-state index contributed by atoms with van der Waals surface area (Å²) >= 11 is 6.32. The van der Waals surface area contributed by atoms with E-state index in [4.69, 9.17) is 21.1 Å². The number of rotatable bonds is 7. The van der Waals surface area contributed by atoms with E-state index in [0.717, 1.165) is 17.0 Å². The van der Waals surface area contributed by atoms with Crippen LogP contribution in [0.2, 0.25) is 5.02 Å². The van der Waals surface area contributed by atoms with E-state index in [2.05, 4.69) is 15.4 Å². The van der Waals surface area contributed by atoms with Crippen molar-refractivity contribution in [3.63, 3.8) is 0 Å². The Morgan fingerprint density at radius 1 is 1.25 bits per heavy atom. The molecule has 1 aliphatic carbocycles. The molecule has 36 heavy (non-hydrogen) atoms. The molecule has 0 atom stereocenters. The lowest BCUT2D eigenvalue weighted by molar-refractivity contribution is -0.123. The molecule has 2 amide bonds. The highest BCUT2D eigenvalue weighted by Gasteiger charge is 2.35. The van der Waals surface area contributed by atoms with Crippen molar-refractivity contribution in [3.05, 3.63) is 57.2 Å². The summed E-state index contributed by atoms with van der Waals surface area (Å²) < 4.78 is 26.7. The average Bonchev–Trinajstić information content (AvgIpc) is 3.39. The van der Waals surface area contributed by atoms with Gasteiger partial charge >= 0.3 is 0 Å². The summed E-state index contributed by atoms with van der Waals surface area (Å²) in [6.45, 7) is 4.73. The first-order chi connectivity index (χ1) is 17.2. The van der Waals surface area contributed by atoms with Crippen LogP contribution in [0.5, 0.6) is 5.75 Å². The van der Waals surface area contributed by atoms with Crippen molar-refractivity contribution in [3.8, 4) is 5.75 Å². The van der Waals surface area contributed by atoms with Gasteiger partial charge in [0, 0.05) is 44.0 Å². The quantitative estimate of drug-likeness (QED) is 0.518. The van der Waals surface area contributed by atoms with E-state index in [1.54, 1.807) is 16.5 Å². The maximum Gasteiger partial charge on any atom is 0.258 e. The molecule has 5 rings (SSSR count). The monoisotopic (exact) mass is 515 g/mol. The standard InChI is InChI=1S/C25H27ClFN5O4/c1-13-23(26)14(2)32-24(28-13)19-11-31(12-20(19)30-32)25(34)18-5-4-15(27)8-21(18)36-17-9-16(10-17)29-22(33)6-7-35-3/h4-5,8,16-17H,6-7,9-12H2,1-3H3,(H,29,33)/t16-,17+. The van der Waals surface area contributed by atoms with Crippen LogP contribution in [0.1, 0.15) is 52.3 Å². The van der Waals surface area contributed by atoms with E-state index in [1.165, 1.54) is 18.2 Å². The molecule has 0 bridgehead atoms. The van der Waals surface area contributed by atoms with E-state index in [1.807, 2.05) is 13.8 Å². The summed E-state index contributed by atoms with van der Waals surface area (Å²) in [5, 5.41) is 8.11. The van der Waals surface area contributed by atoms with Gasteiger partial charge in [0.1, 0.15) is 17.7 Å². The van der Waals surface area contributed by atoms with Crippen LogP contribution in [0.25, 0.3) is 5.65 Å². The number of nitrogens with one attached hydrogen (secondary N) is 1. The van der Waals surface area contributed by atoms with Crippen molar-refractivity contribution >= 4 is 29.1 Å². The number of amides is 2. The molecule has 2 aromatic heterocycles. The Balaban J connectivity index is 1.28. The molecule has 0 spiro atoms. The minimum Gasteiger partial charge on any atom is -0.489 e.